The first-order valence-electron chi connectivity index (χ1n) is 2.30. The molecule has 0 aliphatic carbocycles. The molecule has 4 heteroatoms. The average Bonchev–Trinajstić information content (AvgIpc) is 1.63. The normalized spacial score (nSPS) is 12.7. The van der Waals surface area contributed by atoms with Gasteiger partial charge in [0.1, 0.15) is 0 Å². The van der Waals surface area contributed by atoms with Crippen LogP contribution in [0.25, 0.3) is 0 Å². The third-order valence-corrected chi connectivity index (χ3v) is 0.760. The third-order valence-electron chi connectivity index (χ3n) is 0.760. The minimum absolute atomic E-state index is 0.407. The molecule has 0 aromatic carbocycles. The highest BCUT2D eigenvalue weighted by atomic mass is 16.4. The summed E-state index contributed by atoms with van der Waals surface area (Å²) < 4.78 is 0. The lowest BCUT2D eigenvalue weighted by molar-refractivity contribution is -0.138. The number of ketones is 1. The Morgan fingerprint density at radius 3 is 2.22 bits per heavy atom. The van der Waals surface area contributed by atoms with Crippen LogP contribution < -0.4 is 5.73 Å². The highest BCUT2D eigenvalue weighted by Crippen LogP contribution is 1.87. The zero-order chi connectivity index (χ0) is 7.44. The van der Waals surface area contributed by atoms with Gasteiger partial charge in [-0.3, -0.25) is 9.59 Å². The van der Waals surface area contributed by atoms with E-state index in [0.717, 1.165) is 0 Å². The number of rotatable bonds is 3. The Morgan fingerprint density at radius 1 is 1.67 bits per heavy atom. The van der Waals surface area contributed by atoms with Crippen molar-refractivity contribution in [2.24, 2.45) is 5.73 Å². The second-order valence-corrected chi connectivity index (χ2v) is 1.61. The van der Waals surface area contributed by atoms with E-state index in [0.29, 0.717) is 0 Å². The first kappa shape index (κ1) is 8.10. The molecule has 0 amide bonds. The summed E-state index contributed by atoms with van der Waals surface area (Å²) in [7, 11) is 0. The van der Waals surface area contributed by atoms with Gasteiger partial charge in [-0.25, -0.2) is 0 Å². The number of carbonyl (C=O) groups excluding carboxylic acids is 1. The van der Waals surface area contributed by atoms with Crippen molar-refractivity contribution in [2.45, 2.75) is 12.5 Å². The van der Waals surface area contributed by atoms with Crippen LogP contribution >= 0.6 is 0 Å². The Bertz CT molecular complexity index is 132. The number of carbonyl (C=O) groups is 2. The van der Waals surface area contributed by atoms with Crippen molar-refractivity contribution in [1.82, 2.24) is 0 Å². The van der Waals surface area contributed by atoms with Crippen molar-refractivity contribution in [3.8, 4) is 0 Å². The molecule has 9 heavy (non-hydrogen) atoms. The fourth-order valence-electron chi connectivity index (χ4n) is 0.289. The van der Waals surface area contributed by atoms with Crippen LogP contribution in [0.3, 0.4) is 0 Å². The predicted octanol–water partition coefficient (Wildman–Crippen LogP) is -0.931. The molecule has 0 aromatic heterocycles. The molecule has 0 fully saturated rings. The van der Waals surface area contributed by atoms with Crippen molar-refractivity contribution >= 4 is 11.8 Å². The molecule has 0 saturated heterocycles. The van der Waals surface area contributed by atoms with E-state index >= 15 is 0 Å². The van der Waals surface area contributed by atoms with Gasteiger partial charge in [-0.1, -0.05) is 0 Å². The van der Waals surface area contributed by atoms with Crippen LogP contribution in [-0.2, 0) is 9.59 Å². The van der Waals surface area contributed by atoms with Gasteiger partial charge >= 0.3 is 5.97 Å². The van der Waals surface area contributed by atoms with Gasteiger partial charge in [-0.2, -0.15) is 0 Å². The van der Waals surface area contributed by atoms with Gasteiger partial charge in [0.05, 0.1) is 12.5 Å². The van der Waals surface area contributed by atoms with Gasteiger partial charge < -0.3 is 10.8 Å². The van der Waals surface area contributed by atoms with Crippen LogP contribution in [0.2, 0.25) is 0 Å². The molecule has 0 aromatic rings. The number of hydrogen-bond donors (Lipinski definition) is 2. The van der Waals surface area contributed by atoms with E-state index < -0.39 is 24.2 Å². The quantitative estimate of drug-likeness (QED) is 0.515. The van der Waals surface area contributed by atoms with Crippen LogP contribution in [0.5, 0.6) is 0 Å². The Labute approximate surface area is 52.7 Å². The van der Waals surface area contributed by atoms with Crippen molar-refractivity contribution in [3.63, 3.8) is 0 Å². The SMILES string of the molecule is [CH]C(=O)[C@@H](N)CC(=O)O. The molecular weight excluding hydrogens is 122 g/mol. The second-order valence-electron chi connectivity index (χ2n) is 1.61. The molecule has 2 radical (unpaired) electrons. The molecule has 4 nitrogen and oxygen atoms in total. The summed E-state index contributed by atoms with van der Waals surface area (Å²) in [6.07, 6.45) is -0.407. The predicted molar refractivity (Wildman–Crippen MR) is 29.5 cm³/mol. The van der Waals surface area contributed by atoms with Crippen molar-refractivity contribution in [2.75, 3.05) is 0 Å². The van der Waals surface area contributed by atoms with Crippen molar-refractivity contribution in [3.05, 3.63) is 6.92 Å². The zero-order valence-electron chi connectivity index (χ0n) is 4.70. The Hall–Kier alpha value is -0.900. The van der Waals surface area contributed by atoms with Gasteiger partial charge in [-0.15, -0.1) is 0 Å². The lowest BCUT2D eigenvalue weighted by atomic mass is 10.1. The average molecular weight is 129 g/mol. The van der Waals surface area contributed by atoms with Gasteiger partial charge in [-0.05, 0) is 0 Å². The molecular formula is C5H7NO3. The van der Waals surface area contributed by atoms with Gasteiger partial charge in [0.15, 0.2) is 5.78 Å². The fraction of sp³-hybridized carbons (Fsp3) is 0.400. The summed E-state index contributed by atoms with van der Waals surface area (Å²) in [6.45, 7) is 4.66. The maximum Gasteiger partial charge on any atom is 0.305 e. The molecule has 0 aliphatic heterocycles. The standard InChI is InChI=1S/C5H7NO3/c1-3(7)4(6)2-5(8)9/h1,4H,2,6H2,(H,8,9)/t4-/m0/s1. The molecule has 0 heterocycles. The van der Waals surface area contributed by atoms with Gasteiger partial charge in [0, 0.05) is 6.92 Å². The van der Waals surface area contributed by atoms with Crippen LogP contribution in [0.4, 0.5) is 0 Å². The summed E-state index contributed by atoms with van der Waals surface area (Å²) in [5.74, 6) is -1.92. The molecule has 0 aliphatic rings. The topological polar surface area (TPSA) is 80.4 Å². The van der Waals surface area contributed by atoms with Crippen LogP contribution in [0.1, 0.15) is 6.42 Å². The number of hydrogen-bond acceptors (Lipinski definition) is 3. The zero-order valence-corrected chi connectivity index (χ0v) is 4.70. The van der Waals surface area contributed by atoms with Crippen LogP contribution in [0, 0.1) is 6.92 Å². The Balaban J connectivity index is 3.63. The van der Waals surface area contributed by atoms with Crippen LogP contribution in [-0.4, -0.2) is 22.9 Å². The minimum atomic E-state index is -1.12. The molecule has 3 N–H and O–H groups in total. The van der Waals surface area contributed by atoms with E-state index in [9.17, 15) is 9.59 Å². The van der Waals surface area contributed by atoms with Crippen LogP contribution in [0.15, 0.2) is 0 Å². The highest BCUT2D eigenvalue weighted by molar-refractivity contribution is 5.90. The van der Waals surface area contributed by atoms with Crippen molar-refractivity contribution < 1.29 is 14.7 Å². The number of aliphatic carboxylic acids is 1. The van der Waals surface area contributed by atoms with E-state index in [4.69, 9.17) is 10.8 Å². The number of carboxylic acid groups (broad SMARTS) is 1. The van der Waals surface area contributed by atoms with E-state index in [1.807, 2.05) is 0 Å². The van der Waals surface area contributed by atoms with E-state index in [1.54, 1.807) is 0 Å². The van der Waals surface area contributed by atoms with Crippen molar-refractivity contribution in [1.29, 1.82) is 0 Å². The van der Waals surface area contributed by atoms with E-state index in [-0.39, 0.29) is 0 Å². The van der Waals surface area contributed by atoms with E-state index in [2.05, 4.69) is 6.92 Å². The number of Topliss-reactive ketones (excluding diaryl/α,β-unsaturated/α-hetero) is 1. The summed E-state index contributed by atoms with van der Waals surface area (Å²) in [4.78, 5) is 19.9. The molecule has 0 unspecified atom stereocenters. The minimum Gasteiger partial charge on any atom is -0.481 e. The Kier molecular flexibility index (Phi) is 2.87. The van der Waals surface area contributed by atoms with Gasteiger partial charge in [0.25, 0.3) is 0 Å². The maximum absolute atomic E-state index is 10.1. The van der Waals surface area contributed by atoms with Gasteiger partial charge in [0.2, 0.25) is 0 Å². The lowest BCUT2D eigenvalue weighted by Crippen LogP contribution is -2.30. The maximum atomic E-state index is 10.1. The molecule has 0 rings (SSSR count). The lowest BCUT2D eigenvalue weighted by Gasteiger charge is -2.00. The Morgan fingerprint density at radius 2 is 2.11 bits per heavy atom. The summed E-state index contributed by atoms with van der Waals surface area (Å²) in [6, 6.07) is -1.07. The largest absolute Gasteiger partial charge is 0.481 e. The monoisotopic (exact) mass is 129 g/mol. The molecule has 1 atom stereocenters. The molecule has 0 saturated carbocycles. The second kappa shape index (κ2) is 3.19. The van der Waals surface area contributed by atoms with E-state index in [1.165, 1.54) is 0 Å². The number of nitrogens with two attached hydrogens (primary N) is 1. The molecule has 0 spiro atoms. The fourth-order valence-corrected chi connectivity index (χ4v) is 0.289. The third kappa shape index (κ3) is 3.66. The molecule has 50 valence electrons. The summed E-state index contributed by atoms with van der Waals surface area (Å²) in [5, 5.41) is 8.04. The molecule has 0 bridgehead atoms. The summed E-state index contributed by atoms with van der Waals surface area (Å²) >= 11 is 0. The summed E-state index contributed by atoms with van der Waals surface area (Å²) in [5.41, 5.74) is 4.96. The first-order chi connectivity index (χ1) is 4.04. The smallest absolute Gasteiger partial charge is 0.305 e. The number of carboxylic acids is 1. The highest BCUT2D eigenvalue weighted by Gasteiger charge is 2.11. The first-order valence-corrected chi connectivity index (χ1v) is 2.30.